The molecule has 0 aromatic heterocycles. The molecule has 2 amide bonds. The van der Waals surface area contributed by atoms with Gasteiger partial charge in [0.1, 0.15) is 0 Å². The largest absolute Gasteiger partial charge is 0.379 e. The van der Waals surface area contributed by atoms with Crippen LogP contribution in [0.5, 0.6) is 0 Å². The Morgan fingerprint density at radius 1 is 0.652 bits per heavy atom. The Labute approximate surface area is 137 Å². The molecule has 7 nitrogen and oxygen atoms in total. The fourth-order valence-corrected chi connectivity index (χ4v) is 1.55. The third-order valence-electron chi connectivity index (χ3n) is 2.63. The zero-order valence-electron chi connectivity index (χ0n) is 13.6. The zero-order valence-corrected chi connectivity index (χ0v) is 13.6. The van der Waals surface area contributed by atoms with Gasteiger partial charge in [0, 0.05) is 13.2 Å². The monoisotopic (exact) mass is 328 g/mol. The second-order valence-electron chi connectivity index (χ2n) is 4.73. The van der Waals surface area contributed by atoms with E-state index in [1.54, 1.807) is 12.2 Å². The van der Waals surface area contributed by atoms with Gasteiger partial charge in [-0.25, -0.2) is 0 Å². The van der Waals surface area contributed by atoms with Gasteiger partial charge in [-0.1, -0.05) is 12.2 Å². The van der Waals surface area contributed by atoms with Crippen molar-refractivity contribution in [2.24, 2.45) is 11.5 Å². The molecule has 4 N–H and O–H groups in total. The van der Waals surface area contributed by atoms with Gasteiger partial charge in [0.15, 0.2) is 0 Å². The number of amides is 2. The maximum Gasteiger partial charge on any atom is 0.241 e. The summed E-state index contributed by atoms with van der Waals surface area (Å²) in [5.74, 6) is -0.854. The van der Waals surface area contributed by atoms with Gasteiger partial charge >= 0.3 is 0 Å². The number of nitrogens with two attached hydrogens (primary N) is 2. The van der Waals surface area contributed by atoms with Crippen molar-refractivity contribution in [3.8, 4) is 0 Å². The predicted octanol–water partition coefficient (Wildman–Crippen LogP) is 0.680. The highest BCUT2D eigenvalue weighted by Gasteiger charge is 1.92. The van der Waals surface area contributed by atoms with Crippen LogP contribution >= 0.6 is 0 Å². The van der Waals surface area contributed by atoms with Crippen molar-refractivity contribution in [1.29, 1.82) is 0 Å². The van der Waals surface area contributed by atoms with E-state index in [9.17, 15) is 9.59 Å². The fraction of sp³-hybridized carbons (Fsp3) is 0.625. The second kappa shape index (κ2) is 16.7. The van der Waals surface area contributed by atoms with E-state index in [0.29, 0.717) is 39.6 Å². The van der Waals surface area contributed by atoms with Gasteiger partial charge in [-0.3, -0.25) is 9.59 Å². The van der Waals surface area contributed by atoms with Gasteiger partial charge in [-0.05, 0) is 37.8 Å². The SMILES string of the molecule is NC(=O)C=CCCCOCCOCCOCCCC=CC(N)=O. The molecule has 0 saturated heterocycles. The zero-order chi connectivity index (χ0) is 17.2. The van der Waals surface area contributed by atoms with Crippen LogP contribution in [0.3, 0.4) is 0 Å². The van der Waals surface area contributed by atoms with Gasteiger partial charge in [0.25, 0.3) is 0 Å². The van der Waals surface area contributed by atoms with Gasteiger partial charge in [-0.2, -0.15) is 0 Å². The molecule has 0 heterocycles. The highest BCUT2D eigenvalue weighted by Crippen LogP contribution is 1.93. The van der Waals surface area contributed by atoms with Crippen LogP contribution < -0.4 is 11.5 Å². The Kier molecular flexibility index (Phi) is 15.4. The molecule has 0 aromatic rings. The average Bonchev–Trinajstić information content (AvgIpc) is 2.49. The molecule has 0 fully saturated rings. The maximum absolute atomic E-state index is 10.4. The lowest BCUT2D eigenvalue weighted by atomic mass is 10.3. The first-order chi connectivity index (χ1) is 11.1. The highest BCUT2D eigenvalue weighted by atomic mass is 16.5. The maximum atomic E-state index is 10.4. The minimum absolute atomic E-state index is 0.427. The van der Waals surface area contributed by atoms with E-state index in [2.05, 4.69) is 0 Å². The van der Waals surface area contributed by atoms with Gasteiger partial charge < -0.3 is 25.7 Å². The molecule has 0 unspecified atom stereocenters. The van der Waals surface area contributed by atoms with E-state index in [1.165, 1.54) is 12.2 Å². The molecule has 7 heteroatoms. The second-order valence-corrected chi connectivity index (χ2v) is 4.73. The fourth-order valence-electron chi connectivity index (χ4n) is 1.55. The molecule has 0 atom stereocenters. The Bertz CT molecular complexity index is 335. The molecule has 0 spiro atoms. The normalized spacial score (nSPS) is 11.5. The van der Waals surface area contributed by atoms with Crippen molar-refractivity contribution in [2.75, 3.05) is 39.6 Å². The minimum Gasteiger partial charge on any atom is -0.379 e. The lowest BCUT2D eigenvalue weighted by Gasteiger charge is -2.06. The number of hydrogen-bond acceptors (Lipinski definition) is 5. The van der Waals surface area contributed by atoms with Gasteiger partial charge in [0.2, 0.25) is 11.8 Å². The number of rotatable bonds is 16. The van der Waals surface area contributed by atoms with E-state index in [0.717, 1.165) is 25.7 Å². The Morgan fingerprint density at radius 2 is 1.00 bits per heavy atom. The van der Waals surface area contributed by atoms with Crippen molar-refractivity contribution in [2.45, 2.75) is 25.7 Å². The Hall–Kier alpha value is -1.70. The summed E-state index contributed by atoms with van der Waals surface area (Å²) in [6, 6.07) is 0. The topological polar surface area (TPSA) is 114 Å². The van der Waals surface area contributed by atoms with Gasteiger partial charge in [0.05, 0.1) is 26.4 Å². The Morgan fingerprint density at radius 3 is 1.35 bits per heavy atom. The standard InChI is InChI=1S/C16H28N2O5/c17-15(19)7-3-1-5-9-21-11-13-23-14-12-22-10-6-2-4-8-16(18)20/h3-4,7-8H,1-2,5-6,9-14H2,(H2,17,19)(H2,18,20). The number of hydrogen-bond donors (Lipinski definition) is 2. The molecule has 0 aliphatic rings. The summed E-state index contributed by atoms with van der Waals surface area (Å²) in [7, 11) is 0. The molecule has 23 heavy (non-hydrogen) atoms. The van der Waals surface area contributed by atoms with Crippen molar-refractivity contribution < 1.29 is 23.8 Å². The van der Waals surface area contributed by atoms with Crippen molar-refractivity contribution >= 4 is 11.8 Å². The Balaban J connectivity index is 3.11. The predicted molar refractivity (Wildman–Crippen MR) is 87.6 cm³/mol. The quantitative estimate of drug-likeness (QED) is 0.319. The van der Waals surface area contributed by atoms with Crippen molar-refractivity contribution in [3.63, 3.8) is 0 Å². The summed E-state index contributed by atoms with van der Waals surface area (Å²) in [4.78, 5) is 20.9. The summed E-state index contributed by atoms with van der Waals surface area (Å²) in [5, 5.41) is 0. The minimum atomic E-state index is -0.427. The van der Waals surface area contributed by atoms with Crippen LogP contribution in [0.4, 0.5) is 0 Å². The first-order valence-electron chi connectivity index (χ1n) is 7.78. The molecule has 0 bridgehead atoms. The third kappa shape index (κ3) is 20.3. The summed E-state index contributed by atoms with van der Waals surface area (Å²) >= 11 is 0. The van der Waals surface area contributed by atoms with Crippen LogP contribution in [0.25, 0.3) is 0 Å². The van der Waals surface area contributed by atoms with Crippen LogP contribution in [0.15, 0.2) is 24.3 Å². The number of carbonyl (C=O) groups excluding carboxylic acids is 2. The number of carbonyl (C=O) groups is 2. The van der Waals surface area contributed by atoms with Crippen molar-refractivity contribution in [3.05, 3.63) is 24.3 Å². The summed E-state index contributed by atoms with van der Waals surface area (Å²) in [6.45, 7) is 3.39. The van der Waals surface area contributed by atoms with Crippen molar-refractivity contribution in [1.82, 2.24) is 0 Å². The molecular formula is C16H28N2O5. The molecule has 0 aliphatic carbocycles. The smallest absolute Gasteiger partial charge is 0.241 e. The first-order valence-corrected chi connectivity index (χ1v) is 7.78. The van der Waals surface area contributed by atoms with E-state index in [-0.39, 0.29) is 0 Å². The highest BCUT2D eigenvalue weighted by molar-refractivity contribution is 5.85. The number of ether oxygens (including phenoxy) is 3. The molecular weight excluding hydrogens is 300 g/mol. The van der Waals surface area contributed by atoms with Crippen LogP contribution in [0.1, 0.15) is 25.7 Å². The van der Waals surface area contributed by atoms with Crippen LogP contribution in [0, 0.1) is 0 Å². The lowest BCUT2D eigenvalue weighted by molar-refractivity contribution is -0.114. The van der Waals surface area contributed by atoms with Crippen LogP contribution in [-0.2, 0) is 23.8 Å². The van der Waals surface area contributed by atoms with Crippen LogP contribution in [0.2, 0.25) is 0 Å². The average molecular weight is 328 g/mol. The molecule has 0 aliphatic heterocycles. The molecule has 0 rings (SSSR count). The van der Waals surface area contributed by atoms with E-state index in [1.807, 2.05) is 0 Å². The number of allylic oxidation sites excluding steroid dienone is 2. The lowest BCUT2D eigenvalue weighted by Crippen LogP contribution is -2.10. The summed E-state index contributed by atoms with van der Waals surface area (Å²) in [6.07, 6.45) is 9.42. The molecule has 0 saturated carbocycles. The molecule has 0 radical (unpaired) electrons. The summed E-state index contributed by atoms with van der Waals surface area (Å²) < 4.78 is 16.1. The number of unbranched alkanes of at least 4 members (excludes halogenated alkanes) is 2. The third-order valence-corrected chi connectivity index (χ3v) is 2.63. The van der Waals surface area contributed by atoms with E-state index >= 15 is 0 Å². The molecule has 132 valence electrons. The van der Waals surface area contributed by atoms with Crippen LogP contribution in [-0.4, -0.2) is 51.5 Å². The van der Waals surface area contributed by atoms with E-state index in [4.69, 9.17) is 25.7 Å². The first kappa shape index (κ1) is 21.3. The van der Waals surface area contributed by atoms with E-state index < -0.39 is 11.8 Å². The van der Waals surface area contributed by atoms with Gasteiger partial charge in [-0.15, -0.1) is 0 Å². The number of primary amides is 2. The summed E-state index contributed by atoms with van der Waals surface area (Å²) in [5.41, 5.74) is 9.92. The molecule has 0 aromatic carbocycles.